The summed E-state index contributed by atoms with van der Waals surface area (Å²) in [4.78, 5) is 0. The summed E-state index contributed by atoms with van der Waals surface area (Å²) in [5.74, 6) is -0.485. The zero-order valence-corrected chi connectivity index (χ0v) is 38.0. The molecule has 0 aliphatic heterocycles. The SMILES string of the molecule is C1CCCC1.Cc1cc(C)cc(P(c2cc(C)cc(C)c2)[C@H](C)C2CCCC2P(c2cc(C(F)(F)F)cc(C(F)(F)F)c2)c2cc(C(F)(F)F)cc(C(F)(F)F)c2)c1.[CH3-].[CH3-].[Fe+2]. The van der Waals surface area contributed by atoms with Crippen LogP contribution in [0.4, 0.5) is 52.7 Å². The smallest absolute Gasteiger partial charge is 0.358 e. The fraction of sp³-hybridized carbons (Fsp3) is 0.435. The van der Waals surface area contributed by atoms with E-state index in [0.29, 0.717) is 37.1 Å². The maximum atomic E-state index is 14.2. The van der Waals surface area contributed by atoms with Crippen LogP contribution in [0.25, 0.3) is 0 Å². The molecule has 0 bridgehead atoms. The van der Waals surface area contributed by atoms with E-state index in [1.807, 2.05) is 71.0 Å². The van der Waals surface area contributed by atoms with E-state index in [2.05, 4.69) is 0 Å². The van der Waals surface area contributed by atoms with Gasteiger partial charge in [0.15, 0.2) is 0 Å². The van der Waals surface area contributed by atoms with Crippen LogP contribution in [0.2, 0.25) is 0 Å². The van der Waals surface area contributed by atoms with Gasteiger partial charge >= 0.3 is 41.8 Å². The van der Waals surface area contributed by atoms with E-state index in [4.69, 9.17) is 0 Å². The molecule has 15 heteroatoms. The molecule has 61 heavy (non-hydrogen) atoms. The van der Waals surface area contributed by atoms with Crippen molar-refractivity contribution in [2.75, 3.05) is 0 Å². The summed E-state index contributed by atoms with van der Waals surface area (Å²) in [6.45, 7) is 9.62. The molecule has 2 aliphatic rings. The Morgan fingerprint density at radius 1 is 0.426 bits per heavy atom. The Kier molecular flexibility index (Phi) is 19.1. The first-order valence-electron chi connectivity index (χ1n) is 19.2. The predicted molar refractivity (Wildman–Crippen MR) is 224 cm³/mol. The minimum Gasteiger partial charge on any atom is -0.358 e. The Bertz CT molecular complexity index is 1810. The van der Waals surface area contributed by atoms with Crippen molar-refractivity contribution in [3.63, 3.8) is 0 Å². The number of aryl methyl sites for hydroxylation is 4. The summed E-state index contributed by atoms with van der Waals surface area (Å²) in [6, 6.07) is 13.7. The minimum absolute atomic E-state index is 0. The van der Waals surface area contributed by atoms with Crippen LogP contribution in [0.15, 0.2) is 72.8 Å². The first-order chi connectivity index (χ1) is 26.8. The topological polar surface area (TPSA) is 0 Å². The summed E-state index contributed by atoms with van der Waals surface area (Å²) in [7, 11) is -3.94. The summed E-state index contributed by atoms with van der Waals surface area (Å²) in [5.41, 5.74) is -4.09. The molecule has 0 N–H and O–H groups in total. The Morgan fingerprint density at radius 2 is 0.721 bits per heavy atom. The molecule has 6 rings (SSSR count). The second-order valence-corrected chi connectivity index (χ2v) is 20.7. The molecule has 2 aliphatic carbocycles. The Hall–Kier alpha value is -2.58. The number of hydrogen-bond donors (Lipinski definition) is 0. The summed E-state index contributed by atoms with van der Waals surface area (Å²) < 4.78 is 170. The van der Waals surface area contributed by atoms with E-state index >= 15 is 0 Å². The number of benzene rings is 4. The third kappa shape index (κ3) is 14.0. The zero-order chi connectivity index (χ0) is 43.0. The number of alkyl halides is 12. The minimum atomic E-state index is -5.29. The predicted octanol–water partition coefficient (Wildman–Crippen LogP) is 15.0. The number of hydrogen-bond acceptors (Lipinski definition) is 0. The van der Waals surface area contributed by atoms with Crippen LogP contribution in [0.3, 0.4) is 0 Å². The van der Waals surface area contributed by atoms with Gasteiger partial charge in [-0.3, -0.25) is 0 Å². The molecule has 4 aromatic carbocycles. The van der Waals surface area contributed by atoms with Crippen LogP contribution in [-0.4, -0.2) is 11.3 Å². The maximum absolute atomic E-state index is 14.2. The standard InChI is InChI=1S/C39H36F12P2.C5H10.2CH3.Fe/c1-21-9-22(2)12-30(11-21)52(31-13-23(3)10-24(4)14-31)25(5)34-7-6-8-35(34)53(32-17-26(36(40,41)42)15-27(18-32)37(43,44)45)33-19-28(38(46,47)48)16-29(20-33)39(49,50)51;1-2-4-5-3-1;;;/h9-20,25,34-35H,6-8H2,1-5H3;1-5H2;2*1H3;/q;;2*-1;+2/t25-,34?,35?;;;;/m1..../s1. The Labute approximate surface area is 365 Å². The molecule has 0 nitrogen and oxygen atoms in total. The van der Waals surface area contributed by atoms with E-state index < -0.39 is 85.0 Å². The Balaban J connectivity index is 0.00000149. The molecule has 2 unspecified atom stereocenters. The van der Waals surface area contributed by atoms with Gasteiger partial charge in [0.2, 0.25) is 0 Å². The molecule has 0 saturated heterocycles. The van der Waals surface area contributed by atoms with Crippen molar-refractivity contribution in [1.82, 2.24) is 0 Å². The monoisotopic (exact) mass is 950 g/mol. The van der Waals surface area contributed by atoms with Crippen LogP contribution < -0.4 is 21.2 Å². The van der Waals surface area contributed by atoms with Gasteiger partial charge in [0, 0.05) is 0 Å². The van der Waals surface area contributed by atoms with Crippen molar-refractivity contribution in [3.05, 3.63) is 132 Å². The fourth-order valence-electron chi connectivity index (χ4n) is 8.41. The summed E-state index contributed by atoms with van der Waals surface area (Å²) >= 11 is 0. The second kappa shape index (κ2) is 21.4. The van der Waals surface area contributed by atoms with Gasteiger partial charge < -0.3 is 14.9 Å². The van der Waals surface area contributed by atoms with Crippen molar-refractivity contribution in [2.45, 2.75) is 122 Å². The molecule has 0 aromatic heterocycles. The molecule has 4 aromatic rings. The molecular weight excluding hydrogens is 898 g/mol. The van der Waals surface area contributed by atoms with Crippen molar-refractivity contribution in [2.24, 2.45) is 5.92 Å². The van der Waals surface area contributed by atoms with Crippen molar-refractivity contribution < 1.29 is 69.8 Å². The first kappa shape index (κ1) is 54.6. The quantitative estimate of drug-likeness (QED) is 0.0749. The van der Waals surface area contributed by atoms with Crippen LogP contribution in [0.5, 0.6) is 0 Å². The number of rotatable bonds is 7. The molecule has 2 fully saturated rings. The van der Waals surface area contributed by atoms with Gasteiger partial charge in [0.25, 0.3) is 0 Å². The van der Waals surface area contributed by atoms with E-state index in [1.165, 1.54) is 32.1 Å². The van der Waals surface area contributed by atoms with Crippen molar-refractivity contribution in [1.29, 1.82) is 0 Å². The fourth-order valence-corrected chi connectivity index (χ4v) is 15.3. The molecule has 338 valence electrons. The third-order valence-electron chi connectivity index (χ3n) is 10.8. The van der Waals surface area contributed by atoms with Gasteiger partial charge in [-0.05, 0) is 131 Å². The maximum Gasteiger partial charge on any atom is 2.00 e. The van der Waals surface area contributed by atoms with Gasteiger partial charge in [-0.15, -0.1) is 0 Å². The van der Waals surface area contributed by atoms with E-state index in [9.17, 15) is 52.7 Å². The third-order valence-corrected chi connectivity index (χ3v) is 16.6. The molecule has 0 heterocycles. The summed E-state index contributed by atoms with van der Waals surface area (Å²) in [5, 5.41) is 0.755. The molecular formula is C46H52F12FeP2. The largest absolute Gasteiger partial charge is 2.00 e. The van der Waals surface area contributed by atoms with E-state index in [-0.39, 0.29) is 56.1 Å². The van der Waals surface area contributed by atoms with Gasteiger partial charge in [-0.1, -0.05) is 104 Å². The summed E-state index contributed by atoms with van der Waals surface area (Å²) in [6.07, 6.45) is -12.6. The average molecular weight is 951 g/mol. The zero-order valence-electron chi connectivity index (χ0n) is 35.1. The van der Waals surface area contributed by atoms with Crippen LogP contribution in [0.1, 0.15) is 103 Å². The molecule has 3 atom stereocenters. The van der Waals surface area contributed by atoms with Crippen LogP contribution >= 0.6 is 15.8 Å². The average Bonchev–Trinajstić information content (AvgIpc) is 3.83. The van der Waals surface area contributed by atoms with E-state index in [1.54, 1.807) is 0 Å². The molecule has 0 amide bonds. The molecule has 0 spiro atoms. The van der Waals surface area contributed by atoms with Crippen LogP contribution in [-0.2, 0) is 41.8 Å². The molecule has 0 radical (unpaired) electrons. The first-order valence-corrected chi connectivity index (χ1v) is 22.0. The number of halogens is 12. The van der Waals surface area contributed by atoms with Crippen molar-refractivity contribution in [3.8, 4) is 0 Å². The van der Waals surface area contributed by atoms with Gasteiger partial charge in [-0.25, -0.2) is 0 Å². The van der Waals surface area contributed by atoms with Gasteiger partial charge in [-0.2, -0.15) is 52.7 Å². The van der Waals surface area contributed by atoms with Crippen molar-refractivity contribution >= 4 is 37.1 Å². The second-order valence-electron chi connectivity index (χ2n) is 15.6. The van der Waals surface area contributed by atoms with Gasteiger partial charge in [0.05, 0.1) is 22.3 Å². The van der Waals surface area contributed by atoms with Gasteiger partial charge in [0.1, 0.15) is 0 Å². The van der Waals surface area contributed by atoms with Crippen LogP contribution in [0, 0.1) is 48.5 Å². The molecule has 2 saturated carbocycles. The normalized spacial score (nSPS) is 17.6. The van der Waals surface area contributed by atoms with E-state index in [0.717, 1.165) is 32.9 Å². The Morgan fingerprint density at radius 3 is 1.00 bits per heavy atom.